The zero-order valence-corrected chi connectivity index (χ0v) is 15.7. The summed E-state index contributed by atoms with van der Waals surface area (Å²) in [6.07, 6.45) is -2.79. The van der Waals surface area contributed by atoms with Crippen molar-refractivity contribution in [1.82, 2.24) is 0 Å². The number of hydrogen-bond donors (Lipinski definition) is 2. The van der Waals surface area contributed by atoms with Gasteiger partial charge in [0.15, 0.2) is 0 Å². The Labute approximate surface area is 153 Å². The van der Waals surface area contributed by atoms with E-state index in [1.807, 2.05) is 0 Å². The quantitative estimate of drug-likeness (QED) is 0.735. The van der Waals surface area contributed by atoms with E-state index in [2.05, 4.69) is 15.9 Å². The third kappa shape index (κ3) is 3.75. The molecule has 3 N–H and O–H groups in total. The first-order valence-electron chi connectivity index (χ1n) is 7.31. The van der Waals surface area contributed by atoms with Gasteiger partial charge in [0, 0.05) is 10.9 Å². The van der Waals surface area contributed by atoms with Gasteiger partial charge in [0.1, 0.15) is 6.17 Å². The molecule has 0 radical (unpaired) electrons. The molecular weight excluding hydrogens is 413 g/mol. The summed E-state index contributed by atoms with van der Waals surface area (Å²) in [4.78, 5) is 8.23. The Morgan fingerprint density at radius 3 is 2.40 bits per heavy atom. The normalized spacial score (nSPS) is 15.4. The van der Waals surface area contributed by atoms with Crippen molar-refractivity contribution in [3.8, 4) is 0 Å². The minimum atomic E-state index is -4.65. The predicted octanol–water partition coefficient (Wildman–Crippen LogP) is 2.85. The summed E-state index contributed by atoms with van der Waals surface area (Å²) >= 11 is 3.23. The highest BCUT2D eigenvalue weighted by Gasteiger charge is 2.55. The van der Waals surface area contributed by atoms with Gasteiger partial charge >= 0.3 is 5.97 Å². The molecule has 2 aromatic rings. The molecule has 0 aromatic heterocycles. The second kappa shape index (κ2) is 7.23. The third-order valence-electron chi connectivity index (χ3n) is 3.88. The number of aryl methyl sites for hydroxylation is 1. The number of hydrogen-bond acceptors (Lipinski definition) is 4. The summed E-state index contributed by atoms with van der Waals surface area (Å²) in [5.74, 6) is -1.93. The Kier molecular flexibility index (Phi) is 5.65. The number of aliphatic carboxylic acids is 1. The second-order valence-electron chi connectivity index (χ2n) is 5.72. The van der Waals surface area contributed by atoms with E-state index in [1.54, 1.807) is 31.2 Å². The molecule has 2 aromatic carbocycles. The van der Waals surface area contributed by atoms with Crippen molar-refractivity contribution < 1.29 is 22.7 Å². The number of carboxylic acid groups (broad SMARTS) is 1. The first-order valence-corrected chi connectivity index (χ1v) is 9.58. The van der Waals surface area contributed by atoms with Crippen molar-refractivity contribution in [2.45, 2.75) is 29.3 Å². The number of nitrogens with two attached hydrogens (primary N) is 1. The van der Waals surface area contributed by atoms with Crippen LogP contribution in [0.15, 0.2) is 57.9 Å². The first-order chi connectivity index (χ1) is 11.6. The molecule has 0 aliphatic heterocycles. The Morgan fingerprint density at radius 2 is 1.88 bits per heavy atom. The lowest BCUT2D eigenvalue weighted by molar-refractivity contribution is -0.141. The fraction of sp³-hybridized carbons (Fsp3) is 0.235. The van der Waals surface area contributed by atoms with Crippen LogP contribution >= 0.6 is 15.9 Å². The lowest BCUT2D eigenvalue weighted by Crippen LogP contribution is -2.61. The van der Waals surface area contributed by atoms with E-state index in [4.69, 9.17) is 5.73 Å². The maximum Gasteiger partial charge on any atom is 0.343 e. The molecule has 0 fully saturated rings. The zero-order chi connectivity index (χ0) is 18.8. The molecule has 25 heavy (non-hydrogen) atoms. The van der Waals surface area contributed by atoms with Crippen LogP contribution in [0.1, 0.15) is 11.1 Å². The summed E-state index contributed by atoms with van der Waals surface area (Å²) < 4.78 is 41.0. The van der Waals surface area contributed by atoms with Gasteiger partial charge in [-0.15, -0.1) is 0 Å². The van der Waals surface area contributed by atoms with Gasteiger partial charge in [0.25, 0.3) is 4.87 Å². The second-order valence-corrected chi connectivity index (χ2v) is 8.79. The van der Waals surface area contributed by atoms with Crippen LogP contribution in [0.4, 0.5) is 4.39 Å². The van der Waals surface area contributed by atoms with Gasteiger partial charge in [-0.2, -0.15) is 0 Å². The van der Waals surface area contributed by atoms with Crippen LogP contribution in [0.5, 0.6) is 0 Å². The summed E-state index contributed by atoms with van der Waals surface area (Å²) in [5, 5.41) is 9.43. The number of alkyl halides is 1. The summed E-state index contributed by atoms with van der Waals surface area (Å²) in [7, 11) is -4.65. The molecule has 2 rings (SSSR count). The van der Waals surface area contributed by atoms with Crippen LogP contribution in [-0.4, -0.2) is 30.5 Å². The molecule has 2 atom stereocenters. The van der Waals surface area contributed by atoms with Crippen LogP contribution < -0.4 is 5.73 Å². The monoisotopic (exact) mass is 429 g/mol. The van der Waals surface area contributed by atoms with E-state index in [0.717, 1.165) is 5.56 Å². The van der Waals surface area contributed by atoms with Crippen LogP contribution in [0.3, 0.4) is 0 Å². The van der Waals surface area contributed by atoms with Gasteiger partial charge in [0.2, 0.25) is 9.84 Å². The third-order valence-corrected chi connectivity index (χ3v) is 6.59. The highest BCUT2D eigenvalue weighted by molar-refractivity contribution is 9.10. The highest BCUT2D eigenvalue weighted by Crippen LogP contribution is 2.29. The molecule has 134 valence electrons. The van der Waals surface area contributed by atoms with Gasteiger partial charge < -0.3 is 10.8 Å². The van der Waals surface area contributed by atoms with E-state index in [1.165, 1.54) is 24.3 Å². The van der Waals surface area contributed by atoms with E-state index in [0.29, 0.717) is 10.0 Å². The maximum atomic E-state index is 14.9. The maximum absolute atomic E-state index is 14.9. The standard InChI is InChI=1S/C17H17BrFNO4S/c1-11-5-7-14(8-6-11)25(23,24)17(20,16(21)22)15(19)10-12-3-2-4-13(18)9-12/h2-9,15H,10,20H2,1H3,(H,21,22). The molecule has 0 spiro atoms. The van der Waals surface area contributed by atoms with Crippen LogP contribution in [-0.2, 0) is 21.1 Å². The molecule has 0 aliphatic rings. The topological polar surface area (TPSA) is 97.5 Å². The van der Waals surface area contributed by atoms with E-state index >= 15 is 0 Å². The van der Waals surface area contributed by atoms with Crippen LogP contribution in [0.2, 0.25) is 0 Å². The summed E-state index contributed by atoms with van der Waals surface area (Å²) in [5.41, 5.74) is 6.85. The summed E-state index contributed by atoms with van der Waals surface area (Å²) in [6.45, 7) is 1.74. The largest absolute Gasteiger partial charge is 0.479 e. The van der Waals surface area contributed by atoms with Gasteiger partial charge in [-0.05, 0) is 36.8 Å². The molecule has 0 saturated carbocycles. The molecule has 0 amide bonds. The first kappa shape index (κ1) is 19.6. The highest BCUT2D eigenvalue weighted by atomic mass is 79.9. The molecule has 2 unspecified atom stereocenters. The average Bonchev–Trinajstić information content (AvgIpc) is 2.54. The molecular formula is C17H17BrFNO4S. The predicted molar refractivity (Wildman–Crippen MR) is 95.7 cm³/mol. The molecule has 0 saturated heterocycles. The van der Waals surface area contributed by atoms with Crippen LogP contribution in [0.25, 0.3) is 0 Å². The summed E-state index contributed by atoms with van der Waals surface area (Å²) in [6, 6.07) is 11.9. The number of rotatable bonds is 6. The lowest BCUT2D eigenvalue weighted by atomic mass is 10.0. The SMILES string of the molecule is Cc1ccc(S(=O)(=O)C(N)(C(=O)O)C(F)Cc2cccc(Br)c2)cc1. The van der Waals surface area contributed by atoms with Crippen molar-refractivity contribution in [2.75, 3.05) is 0 Å². The molecule has 0 bridgehead atoms. The molecule has 0 heterocycles. The Bertz CT molecular complexity index is 886. The van der Waals surface area contributed by atoms with E-state index < -0.39 is 33.3 Å². The van der Waals surface area contributed by atoms with E-state index in [9.17, 15) is 22.7 Å². The van der Waals surface area contributed by atoms with Gasteiger partial charge in [-0.3, -0.25) is 0 Å². The number of carboxylic acids is 1. The lowest BCUT2D eigenvalue weighted by Gasteiger charge is -2.28. The van der Waals surface area contributed by atoms with Crippen LogP contribution in [0, 0.1) is 6.92 Å². The Balaban J connectivity index is 2.46. The fourth-order valence-corrected chi connectivity index (χ4v) is 4.33. The number of carbonyl (C=O) groups is 1. The Hall–Kier alpha value is -1.77. The van der Waals surface area contributed by atoms with E-state index in [-0.39, 0.29) is 4.90 Å². The van der Waals surface area contributed by atoms with Crippen molar-refractivity contribution in [3.63, 3.8) is 0 Å². The fourth-order valence-electron chi connectivity index (χ4n) is 2.35. The number of benzene rings is 2. The van der Waals surface area contributed by atoms with Crippen molar-refractivity contribution in [3.05, 3.63) is 64.1 Å². The minimum absolute atomic E-state index is 0.333. The molecule has 0 aliphatic carbocycles. The van der Waals surface area contributed by atoms with Gasteiger partial charge in [0.05, 0.1) is 4.90 Å². The zero-order valence-electron chi connectivity index (χ0n) is 13.3. The number of sulfone groups is 1. The van der Waals surface area contributed by atoms with Gasteiger partial charge in [-0.25, -0.2) is 17.6 Å². The average molecular weight is 430 g/mol. The van der Waals surface area contributed by atoms with Crippen molar-refractivity contribution in [1.29, 1.82) is 0 Å². The molecule has 8 heteroatoms. The molecule has 5 nitrogen and oxygen atoms in total. The smallest absolute Gasteiger partial charge is 0.343 e. The Morgan fingerprint density at radius 1 is 1.28 bits per heavy atom. The van der Waals surface area contributed by atoms with Crippen molar-refractivity contribution in [2.24, 2.45) is 5.73 Å². The van der Waals surface area contributed by atoms with Crippen molar-refractivity contribution >= 4 is 31.7 Å². The van der Waals surface area contributed by atoms with Gasteiger partial charge in [-0.1, -0.05) is 45.8 Å². The minimum Gasteiger partial charge on any atom is -0.479 e. The number of halogens is 2.